The van der Waals surface area contributed by atoms with E-state index in [1.807, 2.05) is 13.8 Å². The van der Waals surface area contributed by atoms with Crippen LogP contribution in [0.2, 0.25) is 0 Å². The predicted octanol–water partition coefficient (Wildman–Crippen LogP) is 0.276. The first-order chi connectivity index (χ1) is 7.43. The molecule has 2 atom stereocenters. The minimum atomic E-state index is -3.35. The zero-order chi connectivity index (χ0) is 12.3. The second-order valence-electron chi connectivity index (χ2n) is 4.47. The molecule has 1 saturated heterocycles. The topological polar surface area (TPSA) is 60.9 Å². The standard InChI is InChI=1S/C10H22N2O3S/c1-4-11(3)16(14,15)12-7-10(8-13)6-5-9(12)2/h9-10,13H,4-8H2,1-3H3. The van der Waals surface area contributed by atoms with Crippen LogP contribution < -0.4 is 0 Å². The summed E-state index contributed by atoms with van der Waals surface area (Å²) < 4.78 is 27.2. The number of nitrogens with zero attached hydrogens (tertiary/aromatic N) is 2. The van der Waals surface area contributed by atoms with Crippen LogP contribution in [0.15, 0.2) is 0 Å². The molecule has 6 heteroatoms. The van der Waals surface area contributed by atoms with Crippen LogP contribution in [0.25, 0.3) is 0 Å². The van der Waals surface area contributed by atoms with E-state index in [1.54, 1.807) is 7.05 Å². The van der Waals surface area contributed by atoms with E-state index < -0.39 is 10.2 Å². The molecule has 0 radical (unpaired) electrons. The van der Waals surface area contributed by atoms with Gasteiger partial charge < -0.3 is 5.11 Å². The van der Waals surface area contributed by atoms with Crippen LogP contribution in [0.4, 0.5) is 0 Å². The van der Waals surface area contributed by atoms with Gasteiger partial charge in [0.25, 0.3) is 10.2 Å². The monoisotopic (exact) mass is 250 g/mol. The maximum Gasteiger partial charge on any atom is 0.281 e. The van der Waals surface area contributed by atoms with Gasteiger partial charge in [0.05, 0.1) is 0 Å². The van der Waals surface area contributed by atoms with Gasteiger partial charge in [-0.05, 0) is 25.7 Å². The Balaban J connectivity index is 2.84. The summed E-state index contributed by atoms with van der Waals surface area (Å²) in [5.74, 6) is 0.0798. The summed E-state index contributed by atoms with van der Waals surface area (Å²) >= 11 is 0. The minimum absolute atomic E-state index is 0.0294. The fourth-order valence-electron chi connectivity index (χ4n) is 1.96. The Morgan fingerprint density at radius 2 is 2.06 bits per heavy atom. The van der Waals surface area contributed by atoms with E-state index in [-0.39, 0.29) is 18.6 Å². The predicted molar refractivity (Wildman–Crippen MR) is 63.2 cm³/mol. The molecule has 1 N–H and O–H groups in total. The summed E-state index contributed by atoms with van der Waals surface area (Å²) in [5, 5.41) is 9.12. The molecule has 1 aliphatic heterocycles. The Morgan fingerprint density at radius 1 is 1.44 bits per heavy atom. The maximum absolute atomic E-state index is 12.2. The minimum Gasteiger partial charge on any atom is -0.396 e. The van der Waals surface area contributed by atoms with E-state index in [9.17, 15) is 8.42 Å². The van der Waals surface area contributed by atoms with Gasteiger partial charge in [0, 0.05) is 32.8 Å². The van der Waals surface area contributed by atoms with Gasteiger partial charge in [-0.1, -0.05) is 6.92 Å². The molecule has 0 aliphatic carbocycles. The summed E-state index contributed by atoms with van der Waals surface area (Å²) in [5.41, 5.74) is 0. The molecule has 1 rings (SSSR count). The molecule has 16 heavy (non-hydrogen) atoms. The molecule has 0 spiro atoms. The van der Waals surface area contributed by atoms with Gasteiger partial charge in [0.15, 0.2) is 0 Å². The number of rotatable bonds is 4. The maximum atomic E-state index is 12.2. The third-order valence-corrected chi connectivity index (χ3v) is 5.46. The molecule has 1 fully saturated rings. The van der Waals surface area contributed by atoms with E-state index in [0.717, 1.165) is 12.8 Å². The van der Waals surface area contributed by atoms with Gasteiger partial charge in [0.1, 0.15) is 0 Å². The Morgan fingerprint density at radius 3 is 2.56 bits per heavy atom. The van der Waals surface area contributed by atoms with E-state index in [2.05, 4.69) is 0 Å². The smallest absolute Gasteiger partial charge is 0.281 e. The fraction of sp³-hybridized carbons (Fsp3) is 1.00. The summed E-state index contributed by atoms with van der Waals surface area (Å²) in [4.78, 5) is 0. The van der Waals surface area contributed by atoms with Crippen LogP contribution in [-0.4, -0.2) is 54.9 Å². The zero-order valence-electron chi connectivity index (χ0n) is 10.3. The van der Waals surface area contributed by atoms with Crippen molar-refractivity contribution in [3.8, 4) is 0 Å². The van der Waals surface area contributed by atoms with Gasteiger partial charge in [-0.15, -0.1) is 0 Å². The van der Waals surface area contributed by atoms with Crippen molar-refractivity contribution >= 4 is 10.2 Å². The largest absolute Gasteiger partial charge is 0.396 e. The lowest BCUT2D eigenvalue weighted by atomic mass is 9.96. The van der Waals surface area contributed by atoms with Crippen LogP contribution in [0.5, 0.6) is 0 Å². The van der Waals surface area contributed by atoms with Crippen molar-refractivity contribution in [3.63, 3.8) is 0 Å². The number of hydrogen-bond acceptors (Lipinski definition) is 3. The highest BCUT2D eigenvalue weighted by atomic mass is 32.2. The average molecular weight is 250 g/mol. The molecule has 0 amide bonds. The average Bonchev–Trinajstić information content (AvgIpc) is 2.28. The molecular weight excluding hydrogens is 228 g/mol. The van der Waals surface area contributed by atoms with Crippen LogP contribution in [0.1, 0.15) is 26.7 Å². The highest BCUT2D eigenvalue weighted by Gasteiger charge is 2.35. The number of aliphatic hydroxyl groups excluding tert-OH is 1. The molecule has 0 aromatic rings. The molecular formula is C10H22N2O3S. The van der Waals surface area contributed by atoms with Crippen molar-refractivity contribution < 1.29 is 13.5 Å². The number of aliphatic hydroxyl groups is 1. The van der Waals surface area contributed by atoms with Crippen molar-refractivity contribution in [1.29, 1.82) is 0 Å². The third-order valence-electron chi connectivity index (χ3n) is 3.32. The second-order valence-corrected chi connectivity index (χ2v) is 6.45. The summed E-state index contributed by atoms with van der Waals surface area (Å²) in [6.45, 7) is 4.71. The lowest BCUT2D eigenvalue weighted by Crippen LogP contribution is -2.51. The van der Waals surface area contributed by atoms with Crippen molar-refractivity contribution in [2.45, 2.75) is 32.7 Å². The van der Waals surface area contributed by atoms with Crippen LogP contribution >= 0.6 is 0 Å². The first-order valence-electron chi connectivity index (χ1n) is 5.77. The van der Waals surface area contributed by atoms with E-state index in [0.29, 0.717) is 13.1 Å². The lowest BCUT2D eigenvalue weighted by Gasteiger charge is -2.38. The molecule has 0 aromatic heterocycles. The molecule has 0 bridgehead atoms. The van der Waals surface area contributed by atoms with Gasteiger partial charge in [-0.25, -0.2) is 0 Å². The summed E-state index contributed by atoms with van der Waals surface area (Å²) in [6, 6.07) is 0.0294. The van der Waals surface area contributed by atoms with Gasteiger partial charge in [-0.3, -0.25) is 0 Å². The normalized spacial score (nSPS) is 28.6. The Hall–Kier alpha value is -0.170. The SMILES string of the molecule is CCN(C)S(=O)(=O)N1CC(CO)CCC1C. The lowest BCUT2D eigenvalue weighted by molar-refractivity contribution is 0.135. The second kappa shape index (κ2) is 5.44. The molecule has 0 aromatic carbocycles. The first kappa shape index (κ1) is 13.9. The van der Waals surface area contributed by atoms with E-state index in [1.165, 1.54) is 8.61 Å². The molecule has 2 unspecified atom stereocenters. The molecule has 96 valence electrons. The van der Waals surface area contributed by atoms with Crippen molar-refractivity contribution in [2.75, 3.05) is 26.7 Å². The zero-order valence-corrected chi connectivity index (χ0v) is 11.1. The van der Waals surface area contributed by atoms with Crippen LogP contribution in [0.3, 0.4) is 0 Å². The fourth-order valence-corrected chi connectivity index (χ4v) is 3.60. The van der Waals surface area contributed by atoms with Gasteiger partial charge in [-0.2, -0.15) is 17.0 Å². The molecule has 0 saturated carbocycles. The van der Waals surface area contributed by atoms with Crippen LogP contribution in [-0.2, 0) is 10.2 Å². The summed E-state index contributed by atoms with van der Waals surface area (Å²) in [7, 11) is -1.76. The Kier molecular flexibility index (Phi) is 4.73. The quantitative estimate of drug-likeness (QED) is 0.779. The van der Waals surface area contributed by atoms with E-state index in [4.69, 9.17) is 5.11 Å². The molecule has 1 aliphatic rings. The molecule has 1 heterocycles. The van der Waals surface area contributed by atoms with E-state index >= 15 is 0 Å². The Labute approximate surface area is 98.2 Å². The molecule has 5 nitrogen and oxygen atoms in total. The van der Waals surface area contributed by atoms with Crippen molar-refractivity contribution in [3.05, 3.63) is 0 Å². The number of hydrogen-bond donors (Lipinski definition) is 1. The first-order valence-corrected chi connectivity index (χ1v) is 7.17. The summed E-state index contributed by atoms with van der Waals surface area (Å²) in [6.07, 6.45) is 1.72. The van der Waals surface area contributed by atoms with Crippen molar-refractivity contribution in [1.82, 2.24) is 8.61 Å². The van der Waals surface area contributed by atoms with Crippen molar-refractivity contribution in [2.24, 2.45) is 5.92 Å². The third kappa shape index (κ3) is 2.74. The van der Waals surface area contributed by atoms with Crippen LogP contribution in [0, 0.1) is 5.92 Å². The Bertz CT molecular complexity index is 318. The van der Waals surface area contributed by atoms with Gasteiger partial charge >= 0.3 is 0 Å². The van der Waals surface area contributed by atoms with Gasteiger partial charge in [0.2, 0.25) is 0 Å². The number of piperidine rings is 1. The highest BCUT2D eigenvalue weighted by molar-refractivity contribution is 7.86. The highest BCUT2D eigenvalue weighted by Crippen LogP contribution is 2.25.